The molecule has 2 bridgehead atoms. The zero-order chi connectivity index (χ0) is 26.3. The predicted octanol–water partition coefficient (Wildman–Crippen LogP) is 4.28. The predicted molar refractivity (Wildman–Crippen MR) is 130 cm³/mol. The van der Waals surface area contributed by atoms with E-state index in [1.165, 1.54) is 13.0 Å². The highest BCUT2D eigenvalue weighted by Crippen LogP contribution is 2.35. The summed E-state index contributed by atoms with van der Waals surface area (Å²) in [6.07, 6.45) is 0.474. The number of aliphatic carboxylic acids is 1. The van der Waals surface area contributed by atoms with Crippen molar-refractivity contribution in [1.29, 1.82) is 0 Å². The molecule has 1 aromatic heterocycles. The molecule has 0 saturated carbocycles. The number of halogens is 3. The van der Waals surface area contributed by atoms with Crippen molar-refractivity contribution in [2.24, 2.45) is 0 Å². The van der Waals surface area contributed by atoms with Crippen LogP contribution in [0.15, 0.2) is 52.6 Å². The Bertz CT molecular complexity index is 1410. The molecule has 2 N–H and O–H groups in total. The summed E-state index contributed by atoms with van der Waals surface area (Å²) in [5.74, 6) is -1.83. The van der Waals surface area contributed by atoms with Crippen LogP contribution in [0.1, 0.15) is 24.7 Å². The van der Waals surface area contributed by atoms with Gasteiger partial charge in [0.15, 0.2) is 5.76 Å². The van der Waals surface area contributed by atoms with E-state index in [1.807, 2.05) is 0 Å². The van der Waals surface area contributed by atoms with E-state index in [0.717, 1.165) is 23.3 Å². The Labute approximate surface area is 215 Å². The number of fused-ring (bicyclic) bond motifs is 2. The van der Waals surface area contributed by atoms with Crippen molar-refractivity contribution in [3.63, 3.8) is 0 Å². The van der Waals surface area contributed by atoms with Crippen molar-refractivity contribution in [2.45, 2.75) is 32.0 Å². The number of nitrogens with zero attached hydrogens (tertiary/aromatic N) is 2. The molecule has 1 fully saturated rings. The number of carbonyl (C=O) groups is 2. The summed E-state index contributed by atoms with van der Waals surface area (Å²) in [6, 6.07) is 9.82. The third-order valence-corrected chi connectivity index (χ3v) is 6.89. The Hall–Kier alpha value is -3.76. The van der Waals surface area contributed by atoms with Gasteiger partial charge >= 0.3 is 5.97 Å². The van der Waals surface area contributed by atoms with Gasteiger partial charge in [-0.25, -0.2) is 13.6 Å². The van der Waals surface area contributed by atoms with Crippen LogP contribution in [0, 0.1) is 11.6 Å². The molecule has 1 saturated heterocycles. The minimum Gasteiger partial charge on any atom is -0.486 e. The largest absolute Gasteiger partial charge is 0.486 e. The SMILES string of the molecule is CC(=O)N1C[C@H]2CC(c3ccc(OCc4cc(-c5c(F)ccc(F)c5Cl)no4)cc3)=C(C(=O)O)[C@@H](C1)N2. The van der Waals surface area contributed by atoms with Crippen LogP contribution in [-0.2, 0) is 16.2 Å². The Morgan fingerprint density at radius 1 is 1.19 bits per heavy atom. The van der Waals surface area contributed by atoms with Crippen LogP contribution < -0.4 is 10.1 Å². The molecule has 0 unspecified atom stereocenters. The fourth-order valence-electron chi connectivity index (χ4n) is 4.79. The van der Waals surface area contributed by atoms with E-state index in [1.54, 1.807) is 29.2 Å². The van der Waals surface area contributed by atoms with Gasteiger partial charge < -0.3 is 24.6 Å². The highest BCUT2D eigenvalue weighted by Gasteiger charge is 2.39. The number of piperazine rings is 1. The molecule has 0 radical (unpaired) electrons. The molecule has 3 aromatic rings. The highest BCUT2D eigenvalue weighted by atomic mass is 35.5. The van der Waals surface area contributed by atoms with Crippen molar-refractivity contribution in [1.82, 2.24) is 15.4 Å². The first-order valence-electron chi connectivity index (χ1n) is 11.5. The Morgan fingerprint density at radius 2 is 1.92 bits per heavy atom. The second-order valence-electron chi connectivity index (χ2n) is 8.95. The highest BCUT2D eigenvalue weighted by molar-refractivity contribution is 6.33. The van der Waals surface area contributed by atoms with Gasteiger partial charge in [0.05, 0.1) is 22.2 Å². The average Bonchev–Trinajstić information content (AvgIpc) is 3.33. The quantitative estimate of drug-likeness (QED) is 0.459. The van der Waals surface area contributed by atoms with Gasteiger partial charge in [-0.15, -0.1) is 0 Å². The summed E-state index contributed by atoms with van der Waals surface area (Å²) in [6.45, 7) is 2.29. The fourth-order valence-corrected chi connectivity index (χ4v) is 5.04. The maximum atomic E-state index is 14.1. The maximum Gasteiger partial charge on any atom is 0.333 e. The lowest BCUT2D eigenvalue weighted by atomic mass is 9.83. The van der Waals surface area contributed by atoms with Gasteiger partial charge in [0.2, 0.25) is 5.91 Å². The minimum absolute atomic E-state index is 0.0288. The summed E-state index contributed by atoms with van der Waals surface area (Å²) in [5.41, 5.74) is 1.60. The molecule has 2 atom stereocenters. The topological polar surface area (TPSA) is 105 Å². The van der Waals surface area contributed by atoms with Crippen molar-refractivity contribution in [3.8, 4) is 17.0 Å². The monoisotopic (exact) mass is 529 g/mol. The molecule has 0 aliphatic carbocycles. The van der Waals surface area contributed by atoms with E-state index in [2.05, 4.69) is 10.5 Å². The Morgan fingerprint density at radius 3 is 2.62 bits per heavy atom. The molecule has 0 spiro atoms. The third-order valence-electron chi connectivity index (χ3n) is 6.52. The number of nitrogens with one attached hydrogen (secondary N) is 1. The molecule has 2 aromatic carbocycles. The van der Waals surface area contributed by atoms with Crippen molar-refractivity contribution in [2.75, 3.05) is 13.1 Å². The number of hydrogen-bond acceptors (Lipinski definition) is 6. The molecule has 192 valence electrons. The lowest BCUT2D eigenvalue weighted by Crippen LogP contribution is -2.61. The van der Waals surface area contributed by atoms with Gasteiger partial charge in [-0.3, -0.25) is 4.79 Å². The summed E-state index contributed by atoms with van der Waals surface area (Å²) in [4.78, 5) is 25.6. The normalized spacial score (nSPS) is 19.2. The number of carboxylic acid groups (broad SMARTS) is 1. The molecule has 5 rings (SSSR count). The molecule has 2 aliphatic rings. The molecule has 8 nitrogen and oxygen atoms in total. The lowest BCUT2D eigenvalue weighted by molar-refractivity contribution is -0.135. The Balaban J connectivity index is 1.31. The van der Waals surface area contributed by atoms with Gasteiger partial charge in [0, 0.05) is 32.1 Å². The zero-order valence-electron chi connectivity index (χ0n) is 19.6. The number of aromatic nitrogens is 1. The van der Waals surface area contributed by atoms with Gasteiger partial charge in [-0.2, -0.15) is 0 Å². The van der Waals surface area contributed by atoms with E-state index >= 15 is 0 Å². The first kappa shape index (κ1) is 24.9. The van der Waals surface area contributed by atoms with Crippen LogP contribution in [-0.4, -0.2) is 52.2 Å². The minimum atomic E-state index is -1.02. The fraction of sp³-hybridized carbons (Fsp3) is 0.269. The van der Waals surface area contributed by atoms with Crippen LogP contribution in [0.3, 0.4) is 0 Å². The summed E-state index contributed by atoms with van der Waals surface area (Å²) < 4.78 is 38.8. The van der Waals surface area contributed by atoms with Crippen LogP contribution in [0.5, 0.6) is 5.75 Å². The van der Waals surface area contributed by atoms with Crippen LogP contribution in [0.25, 0.3) is 16.8 Å². The van der Waals surface area contributed by atoms with E-state index in [9.17, 15) is 23.5 Å². The first-order valence-corrected chi connectivity index (χ1v) is 11.9. The van der Waals surface area contributed by atoms with Gasteiger partial charge in [0.25, 0.3) is 0 Å². The third kappa shape index (κ3) is 4.94. The van der Waals surface area contributed by atoms with E-state index in [-0.39, 0.29) is 46.2 Å². The number of ether oxygens (including phenoxy) is 1. The zero-order valence-corrected chi connectivity index (χ0v) is 20.4. The number of benzene rings is 2. The first-order chi connectivity index (χ1) is 17.7. The number of rotatable bonds is 6. The second-order valence-corrected chi connectivity index (χ2v) is 9.33. The number of carbonyl (C=O) groups excluding carboxylic acids is 1. The summed E-state index contributed by atoms with van der Waals surface area (Å²) in [5, 5.41) is 16.6. The van der Waals surface area contributed by atoms with Gasteiger partial charge in [-0.05, 0) is 41.8 Å². The molecule has 37 heavy (non-hydrogen) atoms. The van der Waals surface area contributed by atoms with Crippen molar-refractivity contribution >= 4 is 29.1 Å². The number of amides is 1. The second kappa shape index (κ2) is 9.95. The van der Waals surface area contributed by atoms with E-state index in [0.29, 0.717) is 25.3 Å². The molecular weight excluding hydrogens is 508 g/mol. The van der Waals surface area contributed by atoms with Crippen molar-refractivity contribution in [3.05, 3.63) is 76.0 Å². The number of carboxylic acids is 1. The number of hydrogen-bond donors (Lipinski definition) is 2. The maximum absolute atomic E-state index is 14.1. The molecular formula is C26H22ClF2N3O5. The van der Waals surface area contributed by atoms with Crippen LogP contribution in [0.2, 0.25) is 5.02 Å². The van der Waals surface area contributed by atoms with Gasteiger partial charge in [0.1, 0.15) is 29.7 Å². The standard InChI is InChI=1S/C26H22ClF2N3O5/c1-13(33)32-10-15-8-18(23(26(34)35)22(11-32)30-15)14-2-4-16(5-3-14)36-12-17-9-21(31-37-17)24-19(28)6-7-20(29)25(24)27/h2-7,9,15,22,30H,8,10-12H2,1H3,(H,34,35)/t15-,22-/m1/s1. The molecule has 3 heterocycles. The van der Waals surface area contributed by atoms with E-state index in [4.69, 9.17) is 20.9 Å². The van der Waals surface area contributed by atoms with Crippen molar-refractivity contribution < 1.29 is 32.7 Å². The van der Waals surface area contributed by atoms with Crippen LogP contribution >= 0.6 is 11.6 Å². The van der Waals surface area contributed by atoms with Crippen LogP contribution in [0.4, 0.5) is 8.78 Å². The van der Waals surface area contributed by atoms with E-state index < -0.39 is 23.6 Å². The average molecular weight is 530 g/mol. The summed E-state index contributed by atoms with van der Waals surface area (Å²) in [7, 11) is 0. The molecule has 2 aliphatic heterocycles. The molecule has 1 amide bonds. The molecule has 11 heteroatoms. The lowest BCUT2D eigenvalue weighted by Gasteiger charge is -2.43. The Kier molecular flexibility index (Phi) is 6.70. The summed E-state index contributed by atoms with van der Waals surface area (Å²) >= 11 is 5.89. The van der Waals surface area contributed by atoms with Gasteiger partial charge in [-0.1, -0.05) is 28.9 Å². The smallest absolute Gasteiger partial charge is 0.333 e.